The number of aromatic hydroxyl groups is 1. The van der Waals surface area contributed by atoms with E-state index in [-0.39, 0.29) is 23.6 Å². The van der Waals surface area contributed by atoms with Crippen LogP contribution in [0.1, 0.15) is 23.2 Å². The van der Waals surface area contributed by atoms with Crippen molar-refractivity contribution in [1.29, 1.82) is 0 Å². The van der Waals surface area contributed by atoms with Gasteiger partial charge in [0.25, 0.3) is 5.91 Å². The van der Waals surface area contributed by atoms with Gasteiger partial charge in [-0.3, -0.25) is 9.59 Å². The number of benzene rings is 1. The van der Waals surface area contributed by atoms with Crippen LogP contribution in [0.5, 0.6) is 5.75 Å². The minimum absolute atomic E-state index is 0.0207. The minimum atomic E-state index is -0.233. The fourth-order valence-electron chi connectivity index (χ4n) is 1.78. The summed E-state index contributed by atoms with van der Waals surface area (Å²) in [6.07, 6.45) is 1.08. The van der Waals surface area contributed by atoms with Crippen LogP contribution in [-0.2, 0) is 4.79 Å². The summed E-state index contributed by atoms with van der Waals surface area (Å²) in [6, 6.07) is 4.75. The Morgan fingerprint density at radius 1 is 1.50 bits per heavy atom. The highest BCUT2D eigenvalue weighted by Crippen LogP contribution is 2.20. The molecule has 96 valence electrons. The van der Waals surface area contributed by atoms with Gasteiger partial charge in [-0.15, -0.1) is 0 Å². The maximum atomic E-state index is 11.9. The Morgan fingerprint density at radius 2 is 2.28 bits per heavy atom. The summed E-state index contributed by atoms with van der Waals surface area (Å²) in [6.45, 7) is 0.459. The molecule has 6 heteroatoms. The van der Waals surface area contributed by atoms with E-state index >= 15 is 0 Å². The van der Waals surface area contributed by atoms with Crippen molar-refractivity contribution in [2.75, 3.05) is 6.54 Å². The third kappa shape index (κ3) is 3.12. The highest BCUT2D eigenvalue weighted by Gasteiger charge is 2.20. The van der Waals surface area contributed by atoms with Crippen LogP contribution in [0.15, 0.2) is 18.2 Å². The van der Waals surface area contributed by atoms with Crippen LogP contribution in [0.25, 0.3) is 0 Å². The monoisotopic (exact) mass is 360 g/mol. The van der Waals surface area contributed by atoms with Gasteiger partial charge in [0.2, 0.25) is 5.91 Å². The summed E-state index contributed by atoms with van der Waals surface area (Å²) < 4.78 is 0.703. The Bertz CT molecular complexity index is 480. The zero-order valence-corrected chi connectivity index (χ0v) is 11.7. The topological polar surface area (TPSA) is 78.4 Å². The number of nitrogens with one attached hydrogen (secondary N) is 2. The van der Waals surface area contributed by atoms with Gasteiger partial charge < -0.3 is 15.7 Å². The average Bonchev–Trinajstić information content (AvgIpc) is 2.35. The number of rotatable bonds is 2. The summed E-state index contributed by atoms with van der Waals surface area (Å²) in [5.41, 5.74) is 0.421. The van der Waals surface area contributed by atoms with Crippen LogP contribution in [0.3, 0.4) is 0 Å². The van der Waals surface area contributed by atoms with Crippen LogP contribution in [-0.4, -0.2) is 29.5 Å². The van der Waals surface area contributed by atoms with Gasteiger partial charge in [-0.2, -0.15) is 0 Å². The van der Waals surface area contributed by atoms with Crippen molar-refractivity contribution in [2.45, 2.75) is 18.9 Å². The standard InChI is InChI=1S/C12H13IN2O3/c13-9-3-1-7(5-10(9)16)12(18)15-8-2-4-11(17)14-6-8/h1,3,5,8,16H,2,4,6H2,(H,14,17)(H,15,18). The molecule has 2 amide bonds. The fourth-order valence-corrected chi connectivity index (χ4v) is 2.11. The summed E-state index contributed by atoms with van der Waals surface area (Å²) in [4.78, 5) is 22.9. The van der Waals surface area contributed by atoms with Crippen molar-refractivity contribution >= 4 is 34.4 Å². The van der Waals surface area contributed by atoms with Crippen LogP contribution < -0.4 is 10.6 Å². The van der Waals surface area contributed by atoms with Crippen molar-refractivity contribution < 1.29 is 14.7 Å². The van der Waals surface area contributed by atoms with Crippen molar-refractivity contribution in [1.82, 2.24) is 10.6 Å². The molecular formula is C12H13IN2O3. The molecule has 5 nitrogen and oxygen atoms in total. The second-order valence-corrected chi connectivity index (χ2v) is 5.34. The molecular weight excluding hydrogens is 347 g/mol. The molecule has 1 heterocycles. The first-order chi connectivity index (χ1) is 8.56. The van der Waals surface area contributed by atoms with E-state index < -0.39 is 0 Å². The highest BCUT2D eigenvalue weighted by atomic mass is 127. The number of hydrogen-bond donors (Lipinski definition) is 3. The van der Waals surface area contributed by atoms with Crippen molar-refractivity contribution in [3.63, 3.8) is 0 Å². The first-order valence-corrected chi connectivity index (χ1v) is 6.70. The Balaban J connectivity index is 1.99. The molecule has 2 rings (SSSR count). The maximum absolute atomic E-state index is 11.9. The van der Waals surface area contributed by atoms with Gasteiger partial charge in [0.15, 0.2) is 0 Å². The Kier molecular flexibility index (Phi) is 4.05. The molecule has 1 unspecified atom stereocenters. The second-order valence-electron chi connectivity index (χ2n) is 4.18. The molecule has 0 aromatic heterocycles. The number of phenolic OH excluding ortho intramolecular Hbond substituents is 1. The first-order valence-electron chi connectivity index (χ1n) is 5.62. The molecule has 0 aliphatic carbocycles. The van der Waals surface area contributed by atoms with Crippen molar-refractivity contribution in [3.8, 4) is 5.75 Å². The summed E-state index contributed by atoms with van der Waals surface area (Å²) in [5.74, 6) is -0.115. The lowest BCUT2D eigenvalue weighted by molar-refractivity contribution is -0.122. The van der Waals surface area contributed by atoms with Crippen LogP contribution >= 0.6 is 22.6 Å². The summed E-state index contributed by atoms with van der Waals surface area (Å²) >= 11 is 1.99. The number of halogens is 1. The zero-order valence-electron chi connectivity index (χ0n) is 9.57. The Labute approximate surface area is 118 Å². The molecule has 3 N–H and O–H groups in total. The molecule has 18 heavy (non-hydrogen) atoms. The Hall–Kier alpha value is -1.31. The number of hydrogen-bond acceptors (Lipinski definition) is 3. The number of carbonyl (C=O) groups excluding carboxylic acids is 2. The molecule has 1 aliphatic rings. The predicted octanol–water partition coefficient (Wildman–Crippen LogP) is 1.01. The average molecular weight is 360 g/mol. The maximum Gasteiger partial charge on any atom is 0.251 e. The lowest BCUT2D eigenvalue weighted by atomic mass is 10.1. The third-order valence-corrected chi connectivity index (χ3v) is 3.72. The number of amides is 2. The minimum Gasteiger partial charge on any atom is -0.507 e. The lowest BCUT2D eigenvalue weighted by Crippen LogP contribution is -2.47. The molecule has 0 radical (unpaired) electrons. The Morgan fingerprint density at radius 3 is 2.89 bits per heavy atom. The second kappa shape index (κ2) is 5.55. The third-order valence-electron chi connectivity index (χ3n) is 2.81. The van der Waals surface area contributed by atoms with Crippen LogP contribution in [0, 0.1) is 3.57 Å². The smallest absolute Gasteiger partial charge is 0.251 e. The van der Waals surface area contributed by atoms with E-state index in [0.717, 1.165) is 0 Å². The van der Waals surface area contributed by atoms with E-state index in [4.69, 9.17) is 0 Å². The lowest BCUT2D eigenvalue weighted by Gasteiger charge is -2.23. The van der Waals surface area contributed by atoms with Gasteiger partial charge in [0, 0.05) is 24.6 Å². The summed E-state index contributed by atoms with van der Waals surface area (Å²) in [7, 11) is 0. The molecule has 1 aromatic rings. The van der Waals surface area contributed by atoms with Gasteiger partial charge in [-0.05, 0) is 47.2 Å². The van der Waals surface area contributed by atoms with Gasteiger partial charge in [-0.1, -0.05) is 0 Å². The van der Waals surface area contributed by atoms with Gasteiger partial charge in [-0.25, -0.2) is 0 Å². The van der Waals surface area contributed by atoms with Crippen LogP contribution in [0.2, 0.25) is 0 Å². The quantitative estimate of drug-likeness (QED) is 0.689. The van der Waals surface area contributed by atoms with Gasteiger partial charge in [0.05, 0.1) is 3.57 Å². The van der Waals surface area contributed by atoms with Gasteiger partial charge in [0.1, 0.15) is 5.75 Å². The molecule has 1 aliphatic heterocycles. The van der Waals surface area contributed by atoms with Crippen molar-refractivity contribution in [3.05, 3.63) is 27.3 Å². The predicted molar refractivity (Wildman–Crippen MR) is 74.3 cm³/mol. The summed E-state index contributed by atoms with van der Waals surface area (Å²) in [5, 5.41) is 15.1. The molecule has 1 atom stereocenters. The molecule has 0 spiro atoms. The molecule has 0 bridgehead atoms. The van der Waals surface area contributed by atoms with Crippen molar-refractivity contribution in [2.24, 2.45) is 0 Å². The largest absolute Gasteiger partial charge is 0.507 e. The van der Waals surface area contributed by atoms with E-state index in [2.05, 4.69) is 10.6 Å². The molecule has 1 saturated heterocycles. The number of piperidine rings is 1. The first kappa shape index (κ1) is 13.1. The van der Waals surface area contributed by atoms with E-state index in [1.165, 1.54) is 6.07 Å². The van der Waals surface area contributed by atoms with E-state index in [1.54, 1.807) is 12.1 Å². The van der Waals surface area contributed by atoms with Gasteiger partial charge >= 0.3 is 0 Å². The van der Waals surface area contributed by atoms with E-state index in [9.17, 15) is 14.7 Å². The fraction of sp³-hybridized carbons (Fsp3) is 0.333. The molecule has 0 saturated carbocycles. The number of carbonyl (C=O) groups is 2. The molecule has 1 fully saturated rings. The molecule has 1 aromatic carbocycles. The highest BCUT2D eigenvalue weighted by molar-refractivity contribution is 14.1. The number of phenols is 1. The van der Waals surface area contributed by atoms with E-state index in [1.807, 2.05) is 22.6 Å². The SMILES string of the molecule is O=C1CCC(NC(=O)c2ccc(I)c(O)c2)CN1. The zero-order chi connectivity index (χ0) is 13.1. The van der Waals surface area contributed by atoms with Crippen LogP contribution in [0.4, 0.5) is 0 Å². The normalized spacial score (nSPS) is 19.2. The van der Waals surface area contributed by atoms with E-state index in [0.29, 0.717) is 28.5 Å².